The highest BCUT2D eigenvalue weighted by atomic mass is 35.5. The summed E-state index contributed by atoms with van der Waals surface area (Å²) >= 11 is 5.95. The monoisotopic (exact) mass is 481 g/mol. The van der Waals surface area contributed by atoms with Gasteiger partial charge in [0.05, 0.1) is 10.4 Å². The molecule has 5 nitrogen and oxygen atoms in total. The third-order valence-corrected chi connectivity index (χ3v) is 7.87. The van der Waals surface area contributed by atoms with Crippen LogP contribution in [0.1, 0.15) is 32.8 Å². The molecule has 0 spiro atoms. The predicted molar refractivity (Wildman–Crippen MR) is 124 cm³/mol. The second-order valence-electron chi connectivity index (χ2n) is 8.99. The Morgan fingerprint density at radius 2 is 1.69 bits per heavy atom. The lowest BCUT2D eigenvalue weighted by Gasteiger charge is -2.43. The van der Waals surface area contributed by atoms with Gasteiger partial charge in [0, 0.05) is 59.6 Å². The minimum absolute atomic E-state index is 0.0508. The highest BCUT2D eigenvalue weighted by molar-refractivity contribution is 7.90. The number of halogens is 3. The van der Waals surface area contributed by atoms with E-state index in [0.29, 0.717) is 0 Å². The van der Waals surface area contributed by atoms with Gasteiger partial charge in [-0.1, -0.05) is 17.7 Å². The third-order valence-electron chi connectivity index (χ3n) is 5.97. The van der Waals surface area contributed by atoms with Gasteiger partial charge in [0.1, 0.15) is 0 Å². The lowest BCUT2D eigenvalue weighted by molar-refractivity contribution is 0.128. The second-order valence-corrected chi connectivity index (χ2v) is 11.2. The van der Waals surface area contributed by atoms with Gasteiger partial charge in [-0.15, -0.1) is 0 Å². The zero-order chi connectivity index (χ0) is 23.3. The highest BCUT2D eigenvalue weighted by Gasteiger charge is 2.28. The van der Waals surface area contributed by atoms with Crippen LogP contribution < -0.4 is 4.90 Å². The molecule has 0 saturated carbocycles. The number of alkyl halides is 2. The third kappa shape index (κ3) is 4.23. The molecule has 9 heteroatoms. The summed E-state index contributed by atoms with van der Waals surface area (Å²) in [5.41, 5.74) is 0.800. The van der Waals surface area contributed by atoms with Gasteiger partial charge in [-0.3, -0.25) is 4.90 Å². The van der Waals surface area contributed by atoms with Crippen molar-refractivity contribution in [2.45, 2.75) is 37.6 Å². The molecule has 3 aromatic rings. The van der Waals surface area contributed by atoms with Crippen molar-refractivity contribution in [3.8, 4) is 0 Å². The van der Waals surface area contributed by atoms with Crippen LogP contribution in [0, 0.1) is 0 Å². The van der Waals surface area contributed by atoms with E-state index >= 15 is 0 Å². The molecule has 1 aliphatic heterocycles. The lowest BCUT2D eigenvalue weighted by Crippen LogP contribution is -2.53. The van der Waals surface area contributed by atoms with Crippen LogP contribution in [0.15, 0.2) is 53.6 Å². The Kier molecular flexibility index (Phi) is 5.98. The molecular weight excluding hydrogens is 456 g/mol. The van der Waals surface area contributed by atoms with E-state index in [0.717, 1.165) is 42.0 Å². The summed E-state index contributed by atoms with van der Waals surface area (Å²) in [7, 11) is -4.08. The maximum atomic E-state index is 13.9. The fourth-order valence-corrected chi connectivity index (χ4v) is 5.84. The van der Waals surface area contributed by atoms with E-state index in [1.54, 1.807) is 24.3 Å². The van der Waals surface area contributed by atoms with E-state index in [-0.39, 0.29) is 31.9 Å². The average Bonchev–Trinajstić information content (AvgIpc) is 3.13. The zero-order valence-electron chi connectivity index (χ0n) is 18.2. The van der Waals surface area contributed by atoms with Crippen LogP contribution in [0.5, 0.6) is 0 Å². The molecule has 0 atom stereocenters. The summed E-state index contributed by atoms with van der Waals surface area (Å²) in [6.45, 7) is 9.80. The normalized spacial score (nSPS) is 16.3. The van der Waals surface area contributed by atoms with Crippen LogP contribution >= 0.6 is 11.6 Å². The molecule has 0 aliphatic carbocycles. The number of aromatic nitrogens is 1. The van der Waals surface area contributed by atoms with Gasteiger partial charge in [-0.25, -0.2) is 21.2 Å². The fourth-order valence-electron chi connectivity index (χ4n) is 4.16. The fraction of sp³-hybridized carbons (Fsp3) is 0.391. The Balaban J connectivity index is 1.74. The van der Waals surface area contributed by atoms with E-state index in [4.69, 9.17) is 11.6 Å². The molecule has 0 bridgehead atoms. The molecule has 0 radical (unpaired) electrons. The maximum Gasteiger partial charge on any atom is 0.268 e. The average molecular weight is 482 g/mol. The van der Waals surface area contributed by atoms with Crippen molar-refractivity contribution in [3.63, 3.8) is 0 Å². The Morgan fingerprint density at radius 1 is 1.00 bits per heavy atom. The summed E-state index contributed by atoms with van der Waals surface area (Å²) < 4.78 is 55.1. The van der Waals surface area contributed by atoms with Gasteiger partial charge in [-0.05, 0) is 57.2 Å². The molecule has 2 heterocycles. The van der Waals surface area contributed by atoms with E-state index in [9.17, 15) is 17.2 Å². The molecule has 0 unspecified atom stereocenters. The van der Waals surface area contributed by atoms with Gasteiger partial charge in [0.2, 0.25) is 0 Å². The highest BCUT2D eigenvalue weighted by Crippen LogP contribution is 2.35. The summed E-state index contributed by atoms with van der Waals surface area (Å²) in [6.07, 6.45) is -1.78. The summed E-state index contributed by atoms with van der Waals surface area (Å²) in [5, 5.41) is 0.495. The molecule has 4 rings (SSSR count). The van der Waals surface area contributed by atoms with Crippen molar-refractivity contribution in [2.75, 3.05) is 31.1 Å². The molecular formula is C23H26ClF2N3O2S. The summed E-state index contributed by atoms with van der Waals surface area (Å²) in [6, 6.07) is 10.9. The van der Waals surface area contributed by atoms with Crippen molar-refractivity contribution in [3.05, 3.63) is 59.2 Å². The van der Waals surface area contributed by atoms with Crippen molar-refractivity contribution < 1.29 is 17.2 Å². The Labute approximate surface area is 192 Å². The standard InChI is InChI=1S/C23H26ClF2N3O2S/c1-23(2,3)28-11-9-27(10-12-28)17-7-8-21-19(14-17)20(22(25)26)15-29(21)32(30,31)18-6-4-5-16(24)13-18/h4-8,13-15,22H,9-12H2,1-3H3. The number of nitrogens with zero attached hydrogens (tertiary/aromatic N) is 3. The smallest absolute Gasteiger partial charge is 0.268 e. The van der Waals surface area contributed by atoms with Crippen LogP contribution in [0.4, 0.5) is 14.5 Å². The largest absolute Gasteiger partial charge is 0.369 e. The predicted octanol–water partition coefficient (Wildman–Crippen LogP) is 5.39. The van der Waals surface area contributed by atoms with Crippen LogP contribution in [-0.4, -0.2) is 49.0 Å². The van der Waals surface area contributed by atoms with E-state index < -0.39 is 16.4 Å². The van der Waals surface area contributed by atoms with Gasteiger partial charge in [0.15, 0.2) is 0 Å². The molecule has 32 heavy (non-hydrogen) atoms. The first-order valence-electron chi connectivity index (χ1n) is 10.4. The number of piperazine rings is 1. The number of benzene rings is 2. The SMILES string of the molecule is CC(C)(C)N1CCN(c2ccc3c(c2)c(C(F)F)cn3S(=O)(=O)c2cccc(Cl)c2)CC1. The lowest BCUT2D eigenvalue weighted by atomic mass is 10.0. The van der Waals surface area contributed by atoms with Crippen LogP contribution in [0.2, 0.25) is 5.02 Å². The van der Waals surface area contributed by atoms with Crippen molar-refractivity contribution in [1.82, 2.24) is 8.87 Å². The molecule has 0 amide bonds. The molecule has 0 N–H and O–H groups in total. The topological polar surface area (TPSA) is 45.5 Å². The number of hydrogen-bond donors (Lipinski definition) is 0. The number of anilines is 1. The van der Waals surface area contributed by atoms with Gasteiger partial charge >= 0.3 is 0 Å². The zero-order valence-corrected chi connectivity index (χ0v) is 19.8. The van der Waals surface area contributed by atoms with Crippen molar-refractivity contribution in [1.29, 1.82) is 0 Å². The first-order chi connectivity index (χ1) is 15.0. The Bertz CT molecular complexity index is 1240. The Hall–Kier alpha value is -2.16. The number of rotatable bonds is 4. The number of fused-ring (bicyclic) bond motifs is 1. The molecule has 1 saturated heterocycles. The van der Waals surface area contributed by atoms with Crippen molar-refractivity contribution >= 4 is 38.2 Å². The molecule has 1 aromatic heterocycles. The van der Waals surface area contributed by atoms with E-state index in [1.807, 2.05) is 0 Å². The molecule has 1 aliphatic rings. The first kappa shape index (κ1) is 23.0. The molecule has 172 valence electrons. The van der Waals surface area contributed by atoms with Gasteiger partial charge in [0.25, 0.3) is 16.4 Å². The molecule has 2 aromatic carbocycles. The van der Waals surface area contributed by atoms with Crippen LogP contribution in [0.25, 0.3) is 10.9 Å². The maximum absolute atomic E-state index is 13.9. The first-order valence-corrected chi connectivity index (χ1v) is 12.2. The van der Waals surface area contributed by atoms with E-state index in [2.05, 4.69) is 30.6 Å². The van der Waals surface area contributed by atoms with Crippen molar-refractivity contribution in [2.24, 2.45) is 0 Å². The van der Waals surface area contributed by atoms with Gasteiger partial charge < -0.3 is 4.90 Å². The minimum Gasteiger partial charge on any atom is -0.369 e. The summed E-state index contributed by atoms with van der Waals surface area (Å²) in [4.78, 5) is 4.49. The molecule has 1 fully saturated rings. The quantitative estimate of drug-likeness (QED) is 0.501. The van der Waals surface area contributed by atoms with E-state index in [1.165, 1.54) is 18.2 Å². The number of hydrogen-bond acceptors (Lipinski definition) is 4. The summed E-state index contributed by atoms with van der Waals surface area (Å²) in [5.74, 6) is 0. The Morgan fingerprint density at radius 3 is 2.28 bits per heavy atom. The minimum atomic E-state index is -4.08. The van der Waals surface area contributed by atoms with Crippen LogP contribution in [0.3, 0.4) is 0 Å². The second kappa shape index (κ2) is 8.32. The van der Waals surface area contributed by atoms with Gasteiger partial charge in [-0.2, -0.15) is 0 Å². The van der Waals surface area contributed by atoms with Crippen LogP contribution in [-0.2, 0) is 10.0 Å².